The van der Waals surface area contributed by atoms with Crippen LogP contribution in [0.5, 0.6) is 0 Å². The average molecular weight is 386 g/mol. The topological polar surface area (TPSA) is 50.7 Å². The Morgan fingerprint density at radius 3 is 2.47 bits per heavy atom. The van der Waals surface area contributed by atoms with Gasteiger partial charge in [-0.1, -0.05) is 6.92 Å². The monoisotopic (exact) mass is 384 g/mol. The van der Waals surface area contributed by atoms with E-state index in [1.807, 2.05) is 18.5 Å². The molecule has 0 amide bonds. The number of hydrogen-bond donors (Lipinski definition) is 1. The summed E-state index contributed by atoms with van der Waals surface area (Å²) in [5.41, 5.74) is 1.82. The highest BCUT2D eigenvalue weighted by molar-refractivity contribution is 9.11. The molecule has 1 N–H and O–H groups in total. The van der Waals surface area contributed by atoms with Crippen molar-refractivity contribution < 1.29 is 0 Å². The number of rotatable bonds is 5. The van der Waals surface area contributed by atoms with Crippen LogP contribution in [-0.4, -0.2) is 21.5 Å². The van der Waals surface area contributed by atoms with Gasteiger partial charge in [-0.2, -0.15) is 0 Å². The second-order valence-electron chi connectivity index (χ2n) is 4.08. The molecular formula is C13H14Br2N4. The Morgan fingerprint density at radius 2 is 1.84 bits per heavy atom. The van der Waals surface area contributed by atoms with Gasteiger partial charge in [-0.3, -0.25) is 4.98 Å². The van der Waals surface area contributed by atoms with E-state index in [-0.39, 0.29) is 0 Å². The van der Waals surface area contributed by atoms with E-state index in [0.717, 1.165) is 39.7 Å². The maximum Gasteiger partial charge on any atom is 0.179 e. The lowest BCUT2D eigenvalue weighted by atomic mass is 10.3. The predicted molar refractivity (Wildman–Crippen MR) is 82.7 cm³/mol. The van der Waals surface area contributed by atoms with Crippen molar-refractivity contribution in [1.82, 2.24) is 20.3 Å². The van der Waals surface area contributed by atoms with Gasteiger partial charge in [0.15, 0.2) is 5.82 Å². The van der Waals surface area contributed by atoms with Gasteiger partial charge in [0.1, 0.15) is 5.69 Å². The Hall–Kier alpha value is -0.850. The Labute approximate surface area is 129 Å². The minimum atomic E-state index is 0.624. The predicted octanol–water partition coefficient (Wildman–Crippen LogP) is 3.56. The van der Waals surface area contributed by atoms with Gasteiger partial charge in [-0.25, -0.2) is 9.97 Å². The van der Waals surface area contributed by atoms with Crippen molar-refractivity contribution in [1.29, 1.82) is 0 Å². The van der Waals surface area contributed by atoms with Gasteiger partial charge < -0.3 is 5.32 Å². The van der Waals surface area contributed by atoms with Gasteiger partial charge in [-0.15, -0.1) is 0 Å². The lowest BCUT2D eigenvalue weighted by molar-refractivity contribution is 0.672. The maximum absolute atomic E-state index is 4.36. The number of nitrogens with one attached hydrogen (secondary N) is 1. The molecule has 2 rings (SSSR count). The molecule has 0 aliphatic carbocycles. The van der Waals surface area contributed by atoms with E-state index in [0.29, 0.717) is 5.82 Å². The summed E-state index contributed by atoms with van der Waals surface area (Å²) >= 11 is 6.84. The molecule has 0 saturated heterocycles. The van der Waals surface area contributed by atoms with E-state index in [2.05, 4.69) is 59.1 Å². The summed E-state index contributed by atoms with van der Waals surface area (Å²) in [4.78, 5) is 13.0. The summed E-state index contributed by atoms with van der Waals surface area (Å²) in [5, 5.41) is 3.32. The minimum Gasteiger partial charge on any atom is -0.313 e. The van der Waals surface area contributed by atoms with Crippen LogP contribution < -0.4 is 5.32 Å². The molecular weight excluding hydrogens is 372 g/mol. The molecule has 0 aliphatic heterocycles. The molecule has 0 bridgehead atoms. The van der Waals surface area contributed by atoms with Crippen LogP contribution >= 0.6 is 31.9 Å². The molecule has 0 saturated carbocycles. The zero-order chi connectivity index (χ0) is 13.7. The number of halogens is 2. The van der Waals surface area contributed by atoms with Crippen LogP contribution in [0.2, 0.25) is 0 Å². The molecule has 19 heavy (non-hydrogen) atoms. The number of pyridine rings is 1. The lowest BCUT2D eigenvalue weighted by Gasteiger charge is -2.05. The molecule has 2 aromatic rings. The Kier molecular flexibility index (Phi) is 5.42. The first kappa shape index (κ1) is 14.6. The Morgan fingerprint density at radius 1 is 1.11 bits per heavy atom. The quantitative estimate of drug-likeness (QED) is 0.799. The van der Waals surface area contributed by atoms with Gasteiger partial charge in [0, 0.05) is 39.6 Å². The molecule has 0 aromatic carbocycles. The summed E-state index contributed by atoms with van der Waals surface area (Å²) in [5.74, 6) is 0.624. The molecule has 100 valence electrons. The van der Waals surface area contributed by atoms with Crippen molar-refractivity contribution in [3.8, 4) is 11.5 Å². The van der Waals surface area contributed by atoms with Gasteiger partial charge >= 0.3 is 0 Å². The van der Waals surface area contributed by atoms with Crippen molar-refractivity contribution in [2.24, 2.45) is 0 Å². The minimum absolute atomic E-state index is 0.624. The van der Waals surface area contributed by atoms with Crippen LogP contribution in [0, 0.1) is 0 Å². The lowest BCUT2D eigenvalue weighted by Crippen LogP contribution is -2.14. The van der Waals surface area contributed by atoms with Crippen LogP contribution in [0.4, 0.5) is 0 Å². The van der Waals surface area contributed by atoms with Crippen LogP contribution in [0.15, 0.2) is 33.6 Å². The van der Waals surface area contributed by atoms with Gasteiger partial charge in [-0.05, 0) is 50.9 Å². The van der Waals surface area contributed by atoms with Crippen LogP contribution in [0.3, 0.4) is 0 Å². The third-order valence-electron chi connectivity index (χ3n) is 2.48. The zero-order valence-corrected chi connectivity index (χ0v) is 13.7. The molecule has 0 unspecified atom stereocenters. The summed E-state index contributed by atoms with van der Waals surface area (Å²) < 4.78 is 1.79. The molecule has 0 fully saturated rings. The summed E-state index contributed by atoms with van der Waals surface area (Å²) in [6.45, 7) is 3.94. The van der Waals surface area contributed by atoms with Crippen molar-refractivity contribution in [3.63, 3.8) is 0 Å². The molecule has 2 heterocycles. The van der Waals surface area contributed by atoms with E-state index in [1.165, 1.54) is 0 Å². The van der Waals surface area contributed by atoms with E-state index in [9.17, 15) is 0 Å². The van der Waals surface area contributed by atoms with Crippen LogP contribution in [0.25, 0.3) is 11.5 Å². The average Bonchev–Trinajstić information content (AvgIpc) is 2.40. The smallest absolute Gasteiger partial charge is 0.179 e. The van der Waals surface area contributed by atoms with E-state index in [1.54, 1.807) is 6.20 Å². The standard InChI is InChI=1S/C13H14Br2N4/c1-2-3-16-5-9-6-18-13(19-7-9)12-11(15)4-10(14)8-17-12/h4,6-8,16H,2-3,5H2,1H3. The van der Waals surface area contributed by atoms with Gasteiger partial charge in [0.25, 0.3) is 0 Å². The van der Waals surface area contributed by atoms with Gasteiger partial charge in [0.2, 0.25) is 0 Å². The fourth-order valence-corrected chi connectivity index (χ4v) is 2.72. The summed E-state index contributed by atoms with van der Waals surface area (Å²) in [7, 11) is 0. The van der Waals surface area contributed by atoms with Gasteiger partial charge in [0.05, 0.1) is 0 Å². The molecule has 6 heteroatoms. The summed E-state index contributed by atoms with van der Waals surface area (Å²) in [6.07, 6.45) is 6.52. The fraction of sp³-hybridized carbons (Fsp3) is 0.308. The molecule has 0 spiro atoms. The SMILES string of the molecule is CCCNCc1cnc(-c2ncc(Br)cc2Br)nc1. The first-order chi connectivity index (χ1) is 9.20. The van der Waals surface area contributed by atoms with E-state index in [4.69, 9.17) is 0 Å². The fourth-order valence-electron chi connectivity index (χ4n) is 1.56. The second-order valence-corrected chi connectivity index (χ2v) is 5.85. The number of nitrogens with zero attached hydrogens (tertiary/aromatic N) is 3. The van der Waals surface area contributed by atoms with Crippen LogP contribution in [-0.2, 0) is 6.54 Å². The van der Waals surface area contributed by atoms with Crippen molar-refractivity contribution in [2.45, 2.75) is 19.9 Å². The number of aromatic nitrogens is 3. The first-order valence-corrected chi connectivity index (χ1v) is 7.62. The third kappa shape index (κ3) is 4.06. The highest BCUT2D eigenvalue weighted by Crippen LogP contribution is 2.25. The Balaban J connectivity index is 2.13. The van der Waals surface area contributed by atoms with E-state index >= 15 is 0 Å². The summed E-state index contributed by atoms with van der Waals surface area (Å²) in [6, 6.07) is 1.93. The molecule has 0 radical (unpaired) electrons. The second kappa shape index (κ2) is 7.07. The number of hydrogen-bond acceptors (Lipinski definition) is 4. The zero-order valence-electron chi connectivity index (χ0n) is 10.5. The largest absolute Gasteiger partial charge is 0.313 e. The van der Waals surface area contributed by atoms with Crippen molar-refractivity contribution >= 4 is 31.9 Å². The first-order valence-electron chi connectivity index (χ1n) is 6.03. The molecule has 0 atom stereocenters. The Bertz CT molecular complexity index is 543. The maximum atomic E-state index is 4.36. The van der Waals surface area contributed by atoms with E-state index < -0.39 is 0 Å². The van der Waals surface area contributed by atoms with Crippen molar-refractivity contribution in [2.75, 3.05) is 6.54 Å². The normalized spacial score (nSPS) is 10.7. The van der Waals surface area contributed by atoms with Crippen LogP contribution in [0.1, 0.15) is 18.9 Å². The highest BCUT2D eigenvalue weighted by Gasteiger charge is 2.08. The molecule has 4 nitrogen and oxygen atoms in total. The molecule has 0 aliphatic rings. The molecule has 2 aromatic heterocycles. The van der Waals surface area contributed by atoms with Crippen molar-refractivity contribution in [3.05, 3.63) is 39.2 Å². The third-order valence-corrected chi connectivity index (χ3v) is 3.52. The highest BCUT2D eigenvalue weighted by atomic mass is 79.9.